The number of ether oxygens (including phenoxy) is 1. The van der Waals surface area contributed by atoms with Crippen LogP contribution in [0.15, 0.2) is 48.5 Å². The van der Waals surface area contributed by atoms with E-state index >= 15 is 0 Å². The van der Waals surface area contributed by atoms with Gasteiger partial charge in [-0.25, -0.2) is 0 Å². The molecule has 30 heavy (non-hydrogen) atoms. The van der Waals surface area contributed by atoms with Crippen molar-refractivity contribution in [2.45, 2.75) is 31.7 Å². The van der Waals surface area contributed by atoms with Crippen LogP contribution >= 0.6 is 24.8 Å². The topological polar surface area (TPSA) is 44.7 Å². The molecule has 9 heteroatoms. The fourth-order valence-electron chi connectivity index (χ4n) is 3.46. The van der Waals surface area contributed by atoms with Gasteiger partial charge in [-0.15, -0.1) is 24.8 Å². The van der Waals surface area contributed by atoms with E-state index in [-0.39, 0.29) is 37.0 Å². The molecule has 1 heterocycles. The van der Waals surface area contributed by atoms with Gasteiger partial charge >= 0.3 is 6.18 Å². The third-order valence-electron chi connectivity index (χ3n) is 4.90. The molecule has 0 amide bonds. The van der Waals surface area contributed by atoms with Gasteiger partial charge in [-0.3, -0.25) is 4.90 Å². The van der Waals surface area contributed by atoms with Crippen molar-refractivity contribution < 1.29 is 23.0 Å². The standard InChI is InChI=1S/C21H25F3N2O2.2ClH/c22-21(23,24)9-8-19(26-12-10-25-11-13-26)18-7-6-17(14-20(18)27)28-15-16-4-2-1-3-5-16;;/h1-7,14,19,25,27H,8-13,15H2;2*1H/t19-;;/m0../s1. The largest absolute Gasteiger partial charge is 0.507 e. The molecule has 0 bridgehead atoms. The SMILES string of the molecule is Cl.Cl.Oc1cc(OCc2ccccc2)ccc1[C@H](CCC(F)(F)F)N1CCNCC1. The summed E-state index contributed by atoms with van der Waals surface area (Å²) in [6.07, 6.45) is -5.19. The molecule has 2 aromatic rings. The van der Waals surface area contributed by atoms with Gasteiger partial charge in [0.2, 0.25) is 0 Å². The van der Waals surface area contributed by atoms with Gasteiger partial charge in [-0.05, 0) is 18.1 Å². The third-order valence-corrected chi connectivity index (χ3v) is 4.90. The summed E-state index contributed by atoms with van der Waals surface area (Å²) in [5.74, 6) is 0.455. The average Bonchev–Trinajstić information content (AvgIpc) is 2.68. The first-order valence-electron chi connectivity index (χ1n) is 9.43. The summed E-state index contributed by atoms with van der Waals surface area (Å²) in [6.45, 7) is 3.10. The summed E-state index contributed by atoms with van der Waals surface area (Å²) in [6, 6.07) is 14.0. The molecule has 3 rings (SSSR count). The van der Waals surface area contributed by atoms with E-state index < -0.39 is 18.6 Å². The smallest absolute Gasteiger partial charge is 0.389 e. The van der Waals surface area contributed by atoms with Gasteiger partial charge in [-0.2, -0.15) is 13.2 Å². The van der Waals surface area contributed by atoms with Gasteiger partial charge in [-0.1, -0.05) is 36.4 Å². The highest BCUT2D eigenvalue weighted by Gasteiger charge is 2.32. The van der Waals surface area contributed by atoms with Crippen molar-refractivity contribution in [2.24, 2.45) is 0 Å². The number of hydrogen-bond acceptors (Lipinski definition) is 4. The van der Waals surface area contributed by atoms with Crippen molar-refractivity contribution in [1.29, 1.82) is 0 Å². The molecule has 0 aliphatic carbocycles. The Balaban J connectivity index is 0.00000225. The van der Waals surface area contributed by atoms with Gasteiger partial charge in [0, 0.05) is 50.3 Å². The Morgan fingerprint density at radius 1 is 1.03 bits per heavy atom. The van der Waals surface area contributed by atoms with E-state index in [0.717, 1.165) is 18.7 Å². The number of benzene rings is 2. The molecule has 0 radical (unpaired) electrons. The van der Waals surface area contributed by atoms with Crippen LogP contribution in [0.25, 0.3) is 0 Å². The Morgan fingerprint density at radius 3 is 2.30 bits per heavy atom. The Bertz CT molecular complexity index is 758. The Kier molecular flexibility index (Phi) is 10.8. The molecule has 2 N–H and O–H groups in total. The highest BCUT2D eigenvalue weighted by atomic mass is 35.5. The quantitative estimate of drug-likeness (QED) is 0.595. The van der Waals surface area contributed by atoms with Crippen molar-refractivity contribution in [3.63, 3.8) is 0 Å². The Hall–Kier alpha value is -1.67. The maximum atomic E-state index is 12.8. The Labute approximate surface area is 187 Å². The molecule has 1 aliphatic rings. The second kappa shape index (κ2) is 12.2. The summed E-state index contributed by atoms with van der Waals surface area (Å²) in [4.78, 5) is 2.00. The van der Waals surface area contributed by atoms with Gasteiger partial charge in [0.15, 0.2) is 0 Å². The Morgan fingerprint density at radius 2 is 1.70 bits per heavy atom. The van der Waals surface area contributed by atoms with Crippen molar-refractivity contribution >= 4 is 24.8 Å². The summed E-state index contributed by atoms with van der Waals surface area (Å²) in [5.41, 5.74) is 1.51. The van der Waals surface area contributed by atoms with Crippen LogP contribution in [0.2, 0.25) is 0 Å². The van der Waals surface area contributed by atoms with Crippen LogP contribution in [0.5, 0.6) is 11.5 Å². The molecule has 1 atom stereocenters. The van der Waals surface area contributed by atoms with Crippen molar-refractivity contribution in [3.8, 4) is 11.5 Å². The highest BCUT2D eigenvalue weighted by molar-refractivity contribution is 5.85. The molecular formula is C21H27Cl2F3N2O2. The number of rotatable bonds is 7. The lowest BCUT2D eigenvalue weighted by atomic mass is 9.98. The van der Waals surface area contributed by atoms with E-state index in [1.54, 1.807) is 12.1 Å². The summed E-state index contributed by atoms with van der Waals surface area (Å²) in [7, 11) is 0. The van der Waals surface area contributed by atoms with E-state index in [0.29, 0.717) is 31.0 Å². The van der Waals surface area contributed by atoms with E-state index in [4.69, 9.17) is 4.74 Å². The first kappa shape index (κ1) is 26.4. The number of nitrogens with one attached hydrogen (secondary N) is 1. The first-order valence-corrected chi connectivity index (χ1v) is 9.43. The number of phenolic OH excluding ortho intramolecular Hbond substituents is 1. The van der Waals surface area contributed by atoms with Crippen LogP contribution in [0.1, 0.15) is 30.0 Å². The van der Waals surface area contributed by atoms with Crippen LogP contribution in [-0.4, -0.2) is 42.4 Å². The molecule has 2 aromatic carbocycles. The van der Waals surface area contributed by atoms with E-state index in [1.807, 2.05) is 35.2 Å². The molecule has 0 spiro atoms. The molecule has 0 unspecified atom stereocenters. The summed E-state index contributed by atoms with van der Waals surface area (Å²) < 4.78 is 44.1. The van der Waals surface area contributed by atoms with Crippen molar-refractivity contribution in [2.75, 3.05) is 26.2 Å². The minimum Gasteiger partial charge on any atom is -0.507 e. The van der Waals surface area contributed by atoms with Crippen molar-refractivity contribution in [1.82, 2.24) is 10.2 Å². The first-order chi connectivity index (χ1) is 13.4. The molecule has 1 fully saturated rings. The zero-order chi connectivity index (χ0) is 20.0. The van der Waals surface area contributed by atoms with E-state index in [2.05, 4.69) is 5.32 Å². The van der Waals surface area contributed by atoms with Crippen molar-refractivity contribution in [3.05, 3.63) is 59.7 Å². The molecule has 4 nitrogen and oxygen atoms in total. The molecule has 168 valence electrons. The third kappa shape index (κ3) is 7.87. The molecule has 0 aromatic heterocycles. The van der Waals surface area contributed by atoms with Crippen LogP contribution in [0, 0.1) is 0 Å². The van der Waals surface area contributed by atoms with Crippen LogP contribution in [0.3, 0.4) is 0 Å². The molecule has 1 aliphatic heterocycles. The zero-order valence-corrected chi connectivity index (χ0v) is 18.0. The number of nitrogens with zero attached hydrogens (tertiary/aromatic N) is 1. The number of hydrogen-bond donors (Lipinski definition) is 2. The lowest BCUT2D eigenvalue weighted by Crippen LogP contribution is -2.45. The zero-order valence-electron chi connectivity index (χ0n) is 16.4. The highest BCUT2D eigenvalue weighted by Crippen LogP contribution is 2.37. The predicted octanol–water partition coefficient (Wildman–Crippen LogP) is 5.10. The number of piperazine rings is 1. The summed E-state index contributed by atoms with van der Waals surface area (Å²) >= 11 is 0. The van der Waals surface area contributed by atoms with Gasteiger partial charge < -0.3 is 15.2 Å². The maximum Gasteiger partial charge on any atom is 0.389 e. The minimum atomic E-state index is -4.22. The lowest BCUT2D eigenvalue weighted by molar-refractivity contribution is -0.138. The van der Waals surface area contributed by atoms with Crippen LogP contribution < -0.4 is 10.1 Å². The summed E-state index contributed by atoms with van der Waals surface area (Å²) in [5, 5.41) is 13.7. The minimum absolute atomic E-state index is 0. The van der Waals surface area contributed by atoms with Gasteiger partial charge in [0.1, 0.15) is 18.1 Å². The number of halogens is 5. The molecule has 1 saturated heterocycles. The average molecular weight is 467 g/mol. The number of phenols is 1. The lowest BCUT2D eigenvalue weighted by Gasteiger charge is -2.35. The number of aromatic hydroxyl groups is 1. The van der Waals surface area contributed by atoms with E-state index in [1.165, 1.54) is 6.07 Å². The molecular weight excluding hydrogens is 440 g/mol. The molecule has 0 saturated carbocycles. The van der Waals surface area contributed by atoms with Crippen LogP contribution in [0.4, 0.5) is 13.2 Å². The second-order valence-corrected chi connectivity index (χ2v) is 6.95. The monoisotopic (exact) mass is 466 g/mol. The fourth-order valence-corrected chi connectivity index (χ4v) is 3.46. The predicted molar refractivity (Wildman–Crippen MR) is 116 cm³/mol. The normalized spacial score (nSPS) is 15.6. The number of alkyl halides is 3. The fraction of sp³-hybridized carbons (Fsp3) is 0.429. The van der Waals surface area contributed by atoms with Crippen LogP contribution in [-0.2, 0) is 6.61 Å². The maximum absolute atomic E-state index is 12.8. The van der Waals surface area contributed by atoms with Gasteiger partial charge in [0.25, 0.3) is 0 Å². The second-order valence-electron chi connectivity index (χ2n) is 6.95. The van der Waals surface area contributed by atoms with E-state index in [9.17, 15) is 18.3 Å². The van der Waals surface area contributed by atoms with Gasteiger partial charge in [0.05, 0.1) is 0 Å².